The summed E-state index contributed by atoms with van der Waals surface area (Å²) in [6.45, 7) is 1.75. The molecule has 1 aromatic carbocycles. The highest BCUT2D eigenvalue weighted by molar-refractivity contribution is 7.79. The standard InChI is InChI=1S/C10H16N2O.H2O4S/c11-10-3-1-9(2-4-10)5-6-12-7-8-13;1-5(2,3)4/h1-4,12-13H,5-8,11H2;(H2,1,2,3,4). The van der Waals surface area contributed by atoms with Crippen molar-refractivity contribution in [3.63, 3.8) is 0 Å². The molecule has 104 valence electrons. The molecule has 0 aliphatic carbocycles. The molecule has 0 aliphatic rings. The number of aliphatic hydroxyl groups is 1. The van der Waals surface area contributed by atoms with Gasteiger partial charge in [-0.05, 0) is 30.7 Å². The summed E-state index contributed by atoms with van der Waals surface area (Å²) in [7, 11) is -4.67. The highest BCUT2D eigenvalue weighted by Gasteiger charge is 1.91. The molecule has 0 aromatic heterocycles. The fourth-order valence-electron chi connectivity index (χ4n) is 1.12. The lowest BCUT2D eigenvalue weighted by Crippen LogP contribution is -2.20. The monoisotopic (exact) mass is 278 g/mol. The molecule has 7 nitrogen and oxygen atoms in total. The highest BCUT2D eigenvalue weighted by Crippen LogP contribution is 2.05. The van der Waals surface area contributed by atoms with Crippen LogP contribution < -0.4 is 11.1 Å². The van der Waals surface area contributed by atoms with Crippen LogP contribution in [0.2, 0.25) is 0 Å². The smallest absolute Gasteiger partial charge is 0.394 e. The summed E-state index contributed by atoms with van der Waals surface area (Å²) in [5.41, 5.74) is 7.62. The molecular weight excluding hydrogens is 260 g/mol. The molecule has 0 spiro atoms. The molecule has 0 heterocycles. The zero-order chi connectivity index (χ0) is 14.0. The van der Waals surface area contributed by atoms with E-state index in [2.05, 4.69) is 5.32 Å². The summed E-state index contributed by atoms with van der Waals surface area (Å²) < 4.78 is 31.6. The van der Waals surface area contributed by atoms with Crippen molar-refractivity contribution in [2.75, 3.05) is 25.4 Å². The van der Waals surface area contributed by atoms with Crippen LogP contribution in [0, 0.1) is 0 Å². The first-order valence-electron chi connectivity index (χ1n) is 5.19. The maximum absolute atomic E-state index is 8.74. The van der Waals surface area contributed by atoms with E-state index in [0.29, 0.717) is 6.54 Å². The summed E-state index contributed by atoms with van der Waals surface area (Å²) in [4.78, 5) is 0. The molecular formula is C10H18N2O5S. The van der Waals surface area contributed by atoms with Gasteiger partial charge in [-0.2, -0.15) is 8.42 Å². The van der Waals surface area contributed by atoms with Gasteiger partial charge in [0.2, 0.25) is 0 Å². The zero-order valence-corrected chi connectivity index (χ0v) is 10.6. The second kappa shape index (κ2) is 8.84. The minimum absolute atomic E-state index is 0.196. The number of nitrogen functional groups attached to an aromatic ring is 1. The molecule has 0 fully saturated rings. The number of nitrogens with one attached hydrogen (secondary N) is 1. The number of nitrogens with two attached hydrogens (primary N) is 1. The van der Waals surface area contributed by atoms with Crippen LogP contribution in [0.15, 0.2) is 24.3 Å². The molecule has 0 saturated carbocycles. The number of hydrogen-bond acceptors (Lipinski definition) is 5. The largest absolute Gasteiger partial charge is 0.399 e. The van der Waals surface area contributed by atoms with E-state index in [9.17, 15) is 0 Å². The molecule has 6 N–H and O–H groups in total. The summed E-state index contributed by atoms with van der Waals surface area (Å²) in [5.74, 6) is 0. The molecule has 0 bridgehead atoms. The molecule has 0 saturated heterocycles. The van der Waals surface area contributed by atoms with Crippen LogP contribution in [0.25, 0.3) is 0 Å². The van der Waals surface area contributed by atoms with Crippen LogP contribution in [0.4, 0.5) is 5.69 Å². The van der Waals surface area contributed by atoms with Crippen LogP contribution in [0.1, 0.15) is 5.56 Å². The third-order valence-corrected chi connectivity index (χ3v) is 1.86. The second-order valence-electron chi connectivity index (χ2n) is 3.41. The van der Waals surface area contributed by atoms with Crippen molar-refractivity contribution in [2.45, 2.75) is 6.42 Å². The molecule has 0 aliphatic heterocycles. The van der Waals surface area contributed by atoms with Gasteiger partial charge in [0.1, 0.15) is 0 Å². The van der Waals surface area contributed by atoms with Crippen LogP contribution in [0.5, 0.6) is 0 Å². The van der Waals surface area contributed by atoms with Gasteiger partial charge in [0.05, 0.1) is 6.61 Å². The maximum Gasteiger partial charge on any atom is 0.394 e. The Morgan fingerprint density at radius 2 is 1.61 bits per heavy atom. The van der Waals surface area contributed by atoms with Gasteiger partial charge in [0, 0.05) is 12.2 Å². The van der Waals surface area contributed by atoms with Crippen molar-refractivity contribution in [3.8, 4) is 0 Å². The minimum atomic E-state index is -4.67. The Balaban J connectivity index is 0.000000494. The van der Waals surface area contributed by atoms with Crippen molar-refractivity contribution in [3.05, 3.63) is 29.8 Å². The summed E-state index contributed by atoms with van der Waals surface area (Å²) >= 11 is 0. The Bertz CT molecular complexity index is 410. The molecule has 0 atom stereocenters. The van der Waals surface area contributed by atoms with Crippen molar-refractivity contribution < 1.29 is 22.6 Å². The van der Waals surface area contributed by atoms with Gasteiger partial charge in [-0.3, -0.25) is 9.11 Å². The van der Waals surface area contributed by atoms with Gasteiger partial charge in [-0.25, -0.2) is 0 Å². The maximum atomic E-state index is 8.74. The van der Waals surface area contributed by atoms with E-state index in [-0.39, 0.29) is 6.61 Å². The van der Waals surface area contributed by atoms with E-state index < -0.39 is 10.4 Å². The topological polar surface area (TPSA) is 133 Å². The molecule has 1 rings (SSSR count). The molecule has 18 heavy (non-hydrogen) atoms. The highest BCUT2D eigenvalue weighted by atomic mass is 32.3. The Kier molecular flexibility index (Phi) is 8.25. The predicted octanol–water partition coefficient (Wildman–Crippen LogP) is -0.260. The van der Waals surface area contributed by atoms with Crippen molar-refractivity contribution in [2.24, 2.45) is 0 Å². The first-order chi connectivity index (χ1) is 8.33. The van der Waals surface area contributed by atoms with Crippen LogP contribution >= 0.6 is 0 Å². The molecule has 8 heteroatoms. The average molecular weight is 278 g/mol. The van der Waals surface area contributed by atoms with E-state index in [1.165, 1.54) is 5.56 Å². The van der Waals surface area contributed by atoms with E-state index in [1.807, 2.05) is 24.3 Å². The van der Waals surface area contributed by atoms with Gasteiger partial charge in [0.15, 0.2) is 0 Å². The van der Waals surface area contributed by atoms with Gasteiger partial charge < -0.3 is 16.2 Å². The van der Waals surface area contributed by atoms with Crippen LogP contribution in [0.3, 0.4) is 0 Å². The predicted molar refractivity (Wildman–Crippen MR) is 68.7 cm³/mol. The lowest BCUT2D eigenvalue weighted by Gasteiger charge is -2.02. The second-order valence-corrected chi connectivity index (χ2v) is 4.31. The SMILES string of the molecule is Nc1ccc(CCNCCO)cc1.O=S(=O)(O)O. The number of rotatable bonds is 5. The number of anilines is 1. The molecule has 0 amide bonds. The third kappa shape index (κ3) is 12.9. The van der Waals surface area contributed by atoms with E-state index >= 15 is 0 Å². The summed E-state index contributed by atoms with van der Waals surface area (Å²) in [6.07, 6.45) is 0.972. The minimum Gasteiger partial charge on any atom is -0.399 e. The number of benzene rings is 1. The lowest BCUT2D eigenvalue weighted by atomic mass is 10.1. The first kappa shape index (κ1) is 16.8. The van der Waals surface area contributed by atoms with E-state index in [4.69, 9.17) is 28.4 Å². The Labute approximate surface area is 106 Å². The molecule has 0 unspecified atom stereocenters. The van der Waals surface area contributed by atoms with Crippen molar-refractivity contribution in [1.82, 2.24) is 5.32 Å². The van der Waals surface area contributed by atoms with Gasteiger partial charge >= 0.3 is 10.4 Å². The van der Waals surface area contributed by atoms with Gasteiger partial charge in [0.25, 0.3) is 0 Å². The lowest BCUT2D eigenvalue weighted by molar-refractivity contribution is 0.293. The van der Waals surface area contributed by atoms with E-state index in [1.54, 1.807) is 0 Å². The summed E-state index contributed by atoms with van der Waals surface area (Å²) in [6, 6.07) is 7.86. The Morgan fingerprint density at radius 1 is 1.11 bits per heavy atom. The zero-order valence-electron chi connectivity index (χ0n) is 9.78. The fraction of sp³-hybridized carbons (Fsp3) is 0.400. The fourth-order valence-corrected chi connectivity index (χ4v) is 1.12. The van der Waals surface area contributed by atoms with Crippen LogP contribution in [-0.4, -0.2) is 42.3 Å². The van der Waals surface area contributed by atoms with Gasteiger partial charge in [-0.1, -0.05) is 12.1 Å². The van der Waals surface area contributed by atoms with Crippen LogP contribution in [-0.2, 0) is 16.8 Å². The number of hydrogen-bond donors (Lipinski definition) is 5. The number of aliphatic hydroxyl groups excluding tert-OH is 1. The van der Waals surface area contributed by atoms with E-state index in [0.717, 1.165) is 18.7 Å². The van der Waals surface area contributed by atoms with Crippen molar-refractivity contribution in [1.29, 1.82) is 0 Å². The first-order valence-corrected chi connectivity index (χ1v) is 6.58. The third-order valence-electron chi connectivity index (χ3n) is 1.86. The Hall–Kier alpha value is -1.19. The average Bonchev–Trinajstić information content (AvgIpc) is 2.25. The normalized spacial score (nSPS) is 10.6. The van der Waals surface area contributed by atoms with Gasteiger partial charge in [-0.15, -0.1) is 0 Å². The van der Waals surface area contributed by atoms with Crippen molar-refractivity contribution >= 4 is 16.1 Å². The quantitative estimate of drug-likeness (QED) is 0.285. The molecule has 0 radical (unpaired) electrons. The molecule has 1 aromatic rings. The summed E-state index contributed by atoms with van der Waals surface area (Å²) in [5, 5.41) is 11.6. The Morgan fingerprint density at radius 3 is 2.06 bits per heavy atom.